The molecule has 0 saturated carbocycles. The van der Waals surface area contributed by atoms with Gasteiger partial charge in [-0.3, -0.25) is 4.79 Å². The van der Waals surface area contributed by atoms with E-state index in [4.69, 9.17) is 9.47 Å². The van der Waals surface area contributed by atoms with Crippen molar-refractivity contribution in [3.05, 3.63) is 83.2 Å². The fourth-order valence-corrected chi connectivity index (χ4v) is 3.85. The van der Waals surface area contributed by atoms with E-state index in [9.17, 15) is 4.79 Å². The van der Waals surface area contributed by atoms with Crippen LogP contribution in [0.15, 0.2) is 60.8 Å². The smallest absolute Gasteiger partial charge is 0.231 e. The van der Waals surface area contributed by atoms with Crippen molar-refractivity contribution in [2.24, 2.45) is 0 Å². The molecule has 1 aliphatic heterocycles. The highest BCUT2D eigenvalue weighted by atomic mass is 16.7. The second-order valence-electron chi connectivity index (χ2n) is 9.20. The van der Waals surface area contributed by atoms with E-state index in [1.807, 2.05) is 54.6 Å². The third kappa shape index (κ3) is 4.39. The minimum absolute atomic E-state index is 0.0357. The van der Waals surface area contributed by atoms with Crippen LogP contribution in [0.4, 0.5) is 5.82 Å². The Bertz CT molecular complexity index is 1320. The number of aromatic nitrogens is 3. The number of Topliss-reactive ketones (excluding diaryl/α,β-unsaturated/α-hetero) is 1. The van der Waals surface area contributed by atoms with Gasteiger partial charge in [-0.1, -0.05) is 51.1 Å². The maximum absolute atomic E-state index is 12.9. The van der Waals surface area contributed by atoms with Crippen molar-refractivity contribution in [2.75, 3.05) is 12.1 Å². The summed E-state index contributed by atoms with van der Waals surface area (Å²) in [6, 6.07) is 17.4. The lowest BCUT2D eigenvalue weighted by atomic mass is 9.86. The minimum atomic E-state index is 0.0357. The predicted octanol–water partition coefficient (Wildman–Crippen LogP) is 4.79. The Balaban J connectivity index is 1.34. The lowest BCUT2D eigenvalue weighted by molar-refractivity contribution is 0.0992. The molecule has 0 fully saturated rings. The molecule has 3 heterocycles. The summed E-state index contributed by atoms with van der Waals surface area (Å²) in [5.41, 5.74) is 4.38. The van der Waals surface area contributed by atoms with Crippen LogP contribution in [0.2, 0.25) is 0 Å². The van der Waals surface area contributed by atoms with Gasteiger partial charge in [-0.15, -0.1) is 0 Å². The van der Waals surface area contributed by atoms with E-state index >= 15 is 0 Å². The lowest BCUT2D eigenvalue weighted by Gasteiger charge is -2.19. The topological polar surface area (TPSA) is 77.8 Å². The number of nitrogens with one attached hydrogen (secondary N) is 1. The fourth-order valence-electron chi connectivity index (χ4n) is 3.85. The molecule has 0 saturated heterocycles. The Morgan fingerprint density at radius 1 is 1.03 bits per heavy atom. The summed E-state index contributed by atoms with van der Waals surface area (Å²) in [7, 11) is 0. The van der Waals surface area contributed by atoms with Crippen molar-refractivity contribution >= 4 is 17.2 Å². The molecule has 0 unspecified atom stereocenters. The quantitative estimate of drug-likeness (QED) is 0.433. The number of carbonyl (C=O) groups is 1. The molecular weight excluding hydrogens is 416 g/mol. The molecule has 0 aliphatic carbocycles. The van der Waals surface area contributed by atoms with Gasteiger partial charge in [-0.25, -0.2) is 4.98 Å². The molecule has 0 bridgehead atoms. The van der Waals surface area contributed by atoms with E-state index in [1.165, 1.54) is 5.56 Å². The van der Waals surface area contributed by atoms with Crippen molar-refractivity contribution in [2.45, 2.75) is 39.2 Å². The van der Waals surface area contributed by atoms with Gasteiger partial charge in [0.2, 0.25) is 6.79 Å². The first-order valence-corrected chi connectivity index (χ1v) is 11.0. The third-order valence-electron chi connectivity index (χ3n) is 5.74. The van der Waals surface area contributed by atoms with Crippen LogP contribution in [-0.2, 0) is 18.4 Å². The number of hydrogen-bond donors (Lipinski definition) is 1. The van der Waals surface area contributed by atoms with E-state index in [0.29, 0.717) is 23.4 Å². The zero-order valence-corrected chi connectivity index (χ0v) is 19.0. The monoisotopic (exact) mass is 442 g/mol. The highest BCUT2D eigenvalue weighted by Gasteiger charge is 2.16. The molecule has 7 nitrogen and oxygen atoms in total. The fraction of sp³-hybridized carbons (Fsp3) is 0.269. The molecule has 168 valence electrons. The zero-order chi connectivity index (χ0) is 23.0. The maximum Gasteiger partial charge on any atom is 0.231 e. The SMILES string of the molecule is CC(C)(C)c1ccc(C(=O)Cc2cc(NCc3ccc4c(c3)OCO4)n3nccc3n2)cc1. The second-order valence-corrected chi connectivity index (χ2v) is 9.20. The predicted molar refractivity (Wildman–Crippen MR) is 126 cm³/mol. The molecule has 0 amide bonds. The summed E-state index contributed by atoms with van der Waals surface area (Å²) in [5.74, 6) is 2.31. The zero-order valence-electron chi connectivity index (χ0n) is 19.0. The molecular formula is C26H26N4O3. The molecule has 0 radical (unpaired) electrons. The van der Waals surface area contributed by atoms with E-state index in [2.05, 4.69) is 36.2 Å². The molecule has 33 heavy (non-hydrogen) atoms. The van der Waals surface area contributed by atoms with Crippen molar-refractivity contribution < 1.29 is 14.3 Å². The summed E-state index contributed by atoms with van der Waals surface area (Å²) in [6.45, 7) is 7.30. The number of benzene rings is 2. The Morgan fingerprint density at radius 2 is 1.82 bits per heavy atom. The van der Waals surface area contributed by atoms with Gasteiger partial charge in [0.1, 0.15) is 5.82 Å². The van der Waals surface area contributed by atoms with E-state index < -0.39 is 0 Å². The van der Waals surface area contributed by atoms with E-state index in [1.54, 1.807) is 10.7 Å². The van der Waals surface area contributed by atoms with Crippen LogP contribution in [-0.4, -0.2) is 27.2 Å². The molecule has 1 aliphatic rings. The van der Waals surface area contributed by atoms with Gasteiger partial charge in [-0.2, -0.15) is 9.61 Å². The maximum atomic E-state index is 12.9. The van der Waals surface area contributed by atoms with Crippen LogP contribution >= 0.6 is 0 Å². The van der Waals surface area contributed by atoms with Crippen LogP contribution in [0.5, 0.6) is 11.5 Å². The van der Waals surface area contributed by atoms with Crippen molar-refractivity contribution in [3.63, 3.8) is 0 Å². The number of ketones is 1. The Labute approximate surface area is 192 Å². The van der Waals surface area contributed by atoms with Gasteiger partial charge in [0.25, 0.3) is 0 Å². The van der Waals surface area contributed by atoms with Crippen molar-refractivity contribution in [1.82, 2.24) is 14.6 Å². The standard InChI is InChI=1S/C26H26N4O3/c1-26(2,3)19-7-5-18(6-8-19)21(31)13-20-14-25(30-24(29-20)10-11-28-30)27-15-17-4-9-22-23(12-17)33-16-32-22/h4-12,14,27H,13,15-16H2,1-3H3. The summed E-state index contributed by atoms with van der Waals surface area (Å²) >= 11 is 0. The number of ether oxygens (including phenoxy) is 2. The third-order valence-corrected chi connectivity index (χ3v) is 5.74. The number of hydrogen-bond acceptors (Lipinski definition) is 6. The van der Waals surface area contributed by atoms with Crippen LogP contribution in [0.3, 0.4) is 0 Å². The van der Waals surface area contributed by atoms with Gasteiger partial charge in [0.15, 0.2) is 22.9 Å². The molecule has 7 heteroatoms. The lowest BCUT2D eigenvalue weighted by Crippen LogP contribution is -2.12. The molecule has 4 aromatic rings. The first-order valence-electron chi connectivity index (χ1n) is 11.0. The van der Waals surface area contributed by atoms with Gasteiger partial charge in [-0.05, 0) is 28.7 Å². The largest absolute Gasteiger partial charge is 0.454 e. The van der Waals surface area contributed by atoms with Gasteiger partial charge in [0.05, 0.1) is 18.3 Å². The number of rotatable bonds is 6. The Morgan fingerprint density at radius 3 is 2.61 bits per heavy atom. The minimum Gasteiger partial charge on any atom is -0.454 e. The van der Waals surface area contributed by atoms with Gasteiger partial charge in [0, 0.05) is 24.2 Å². The number of carbonyl (C=O) groups excluding carboxylic acids is 1. The average Bonchev–Trinajstić information content (AvgIpc) is 3.46. The molecule has 2 aromatic carbocycles. The van der Waals surface area contributed by atoms with E-state index in [0.717, 1.165) is 22.9 Å². The number of anilines is 1. The van der Waals surface area contributed by atoms with Crippen LogP contribution < -0.4 is 14.8 Å². The van der Waals surface area contributed by atoms with Gasteiger partial charge < -0.3 is 14.8 Å². The Hall–Kier alpha value is -3.87. The summed E-state index contributed by atoms with van der Waals surface area (Å²) in [6.07, 6.45) is 1.92. The van der Waals surface area contributed by atoms with Crippen LogP contribution in [0.1, 0.15) is 48.0 Å². The molecule has 2 aromatic heterocycles. The highest BCUT2D eigenvalue weighted by molar-refractivity contribution is 5.97. The summed E-state index contributed by atoms with van der Waals surface area (Å²) in [4.78, 5) is 17.6. The molecule has 5 rings (SSSR count). The highest BCUT2D eigenvalue weighted by Crippen LogP contribution is 2.32. The van der Waals surface area contributed by atoms with E-state index in [-0.39, 0.29) is 24.4 Å². The van der Waals surface area contributed by atoms with Crippen molar-refractivity contribution in [3.8, 4) is 11.5 Å². The van der Waals surface area contributed by atoms with Gasteiger partial charge >= 0.3 is 0 Å². The Kier molecular flexibility index (Phi) is 5.24. The first kappa shape index (κ1) is 21.0. The summed E-state index contributed by atoms with van der Waals surface area (Å²) < 4.78 is 12.6. The van der Waals surface area contributed by atoms with Crippen LogP contribution in [0, 0.1) is 0 Å². The first-order chi connectivity index (χ1) is 15.9. The second kappa shape index (κ2) is 8.24. The molecule has 1 N–H and O–H groups in total. The number of nitrogens with zero attached hydrogens (tertiary/aromatic N) is 3. The van der Waals surface area contributed by atoms with Crippen LogP contribution in [0.25, 0.3) is 5.65 Å². The average molecular weight is 443 g/mol. The molecule has 0 atom stereocenters. The number of fused-ring (bicyclic) bond motifs is 2. The van der Waals surface area contributed by atoms with Crippen molar-refractivity contribution in [1.29, 1.82) is 0 Å². The molecule has 0 spiro atoms. The normalized spacial score (nSPS) is 12.8. The summed E-state index contributed by atoms with van der Waals surface area (Å²) in [5, 5.41) is 7.77.